The van der Waals surface area contributed by atoms with Crippen LogP contribution in [0.5, 0.6) is 0 Å². The molecule has 0 saturated carbocycles. The number of carboxylic acids is 1. The van der Waals surface area contributed by atoms with E-state index in [1.54, 1.807) is 25.1 Å². The van der Waals surface area contributed by atoms with Crippen molar-refractivity contribution in [1.29, 1.82) is 0 Å². The highest BCUT2D eigenvalue weighted by atomic mass is 19.4. The molecule has 1 amide bonds. The highest BCUT2D eigenvalue weighted by Gasteiger charge is 2.41. The van der Waals surface area contributed by atoms with Crippen LogP contribution in [0.2, 0.25) is 0 Å². The highest BCUT2D eigenvalue weighted by Crippen LogP contribution is 2.34. The van der Waals surface area contributed by atoms with Crippen molar-refractivity contribution in [3.63, 3.8) is 0 Å². The minimum absolute atomic E-state index is 0.176. The number of para-hydroxylation sites is 1. The topological polar surface area (TPSA) is 84.2 Å². The molecule has 0 aliphatic heterocycles. The lowest BCUT2D eigenvalue weighted by Crippen LogP contribution is -2.39. The van der Waals surface area contributed by atoms with Crippen LogP contribution in [0.3, 0.4) is 0 Å². The van der Waals surface area contributed by atoms with Crippen molar-refractivity contribution in [2.75, 3.05) is 0 Å². The fourth-order valence-corrected chi connectivity index (χ4v) is 2.11. The number of hydrogen-bond donors (Lipinski definition) is 2. The first-order valence-corrected chi connectivity index (χ1v) is 6.87. The number of rotatable bonds is 4. The molecule has 24 heavy (non-hydrogen) atoms. The molecular formula is C15H14F3N3O3. The number of amides is 1. The van der Waals surface area contributed by atoms with Crippen LogP contribution in [0.25, 0.3) is 5.69 Å². The van der Waals surface area contributed by atoms with E-state index in [-0.39, 0.29) is 5.69 Å². The van der Waals surface area contributed by atoms with Crippen LogP contribution < -0.4 is 5.32 Å². The van der Waals surface area contributed by atoms with Crippen molar-refractivity contribution in [3.05, 3.63) is 47.3 Å². The van der Waals surface area contributed by atoms with Gasteiger partial charge in [-0.25, -0.2) is 4.68 Å². The zero-order chi connectivity index (χ0) is 18.1. The fourth-order valence-electron chi connectivity index (χ4n) is 2.11. The minimum atomic E-state index is -4.85. The van der Waals surface area contributed by atoms with Crippen molar-refractivity contribution in [2.24, 2.45) is 0 Å². The molecule has 0 radical (unpaired) electrons. The Morgan fingerprint density at radius 2 is 1.92 bits per heavy atom. The smallest absolute Gasteiger partial charge is 0.434 e. The van der Waals surface area contributed by atoms with E-state index >= 15 is 0 Å². The van der Waals surface area contributed by atoms with Gasteiger partial charge in [-0.3, -0.25) is 9.59 Å². The van der Waals surface area contributed by atoms with Crippen LogP contribution in [0.4, 0.5) is 13.2 Å². The van der Waals surface area contributed by atoms with Gasteiger partial charge in [0.1, 0.15) is 6.04 Å². The summed E-state index contributed by atoms with van der Waals surface area (Å²) in [6.07, 6.45) is -4.07. The van der Waals surface area contributed by atoms with Crippen molar-refractivity contribution in [2.45, 2.75) is 26.1 Å². The maximum atomic E-state index is 13.5. The molecule has 0 spiro atoms. The number of carbonyl (C=O) groups is 2. The number of hydrogen-bond acceptors (Lipinski definition) is 3. The quantitative estimate of drug-likeness (QED) is 0.894. The summed E-state index contributed by atoms with van der Waals surface area (Å²) >= 11 is 0. The van der Waals surface area contributed by atoms with Gasteiger partial charge in [0.05, 0.1) is 17.4 Å². The second-order valence-corrected chi connectivity index (χ2v) is 5.14. The van der Waals surface area contributed by atoms with Crippen LogP contribution in [0, 0.1) is 6.92 Å². The monoisotopic (exact) mass is 341 g/mol. The number of aromatic nitrogens is 2. The predicted molar refractivity (Wildman–Crippen MR) is 77.9 cm³/mol. The number of aryl methyl sites for hydroxylation is 1. The SMILES string of the molecule is Cc1ccccc1-n1ncc(C(=O)N[C@@H](C)C(=O)O)c1C(F)(F)F. The number of alkyl halides is 3. The van der Waals surface area contributed by atoms with Gasteiger partial charge in [0.15, 0.2) is 5.69 Å². The maximum absolute atomic E-state index is 13.5. The van der Waals surface area contributed by atoms with Crippen LogP contribution in [-0.2, 0) is 11.0 Å². The summed E-state index contributed by atoms with van der Waals surface area (Å²) in [5, 5.41) is 14.4. The van der Waals surface area contributed by atoms with Gasteiger partial charge in [0.2, 0.25) is 0 Å². The molecule has 1 aromatic carbocycles. The number of aliphatic carboxylic acids is 1. The normalized spacial score (nSPS) is 12.7. The number of benzene rings is 1. The van der Waals surface area contributed by atoms with Gasteiger partial charge in [-0.2, -0.15) is 18.3 Å². The van der Waals surface area contributed by atoms with Crippen molar-refractivity contribution >= 4 is 11.9 Å². The Morgan fingerprint density at radius 3 is 2.46 bits per heavy atom. The first-order chi connectivity index (χ1) is 11.1. The molecule has 0 bridgehead atoms. The van der Waals surface area contributed by atoms with E-state index in [0.717, 1.165) is 13.1 Å². The van der Waals surface area contributed by atoms with Gasteiger partial charge < -0.3 is 10.4 Å². The third-order valence-corrected chi connectivity index (χ3v) is 3.34. The lowest BCUT2D eigenvalue weighted by molar-refractivity contribution is -0.143. The molecule has 1 atom stereocenters. The van der Waals surface area contributed by atoms with E-state index in [2.05, 4.69) is 5.10 Å². The van der Waals surface area contributed by atoms with Gasteiger partial charge in [-0.05, 0) is 25.5 Å². The van der Waals surface area contributed by atoms with Gasteiger partial charge in [0.25, 0.3) is 5.91 Å². The van der Waals surface area contributed by atoms with E-state index in [9.17, 15) is 22.8 Å². The van der Waals surface area contributed by atoms with E-state index in [1.165, 1.54) is 6.07 Å². The molecule has 0 aliphatic rings. The lowest BCUT2D eigenvalue weighted by atomic mass is 10.1. The Morgan fingerprint density at radius 1 is 1.29 bits per heavy atom. The number of halogens is 3. The number of carboxylic acid groups (broad SMARTS) is 1. The summed E-state index contributed by atoms with van der Waals surface area (Å²) in [4.78, 5) is 22.8. The first kappa shape index (κ1) is 17.5. The Bertz CT molecular complexity index is 784. The van der Waals surface area contributed by atoms with Gasteiger partial charge in [-0.1, -0.05) is 18.2 Å². The summed E-state index contributed by atoms with van der Waals surface area (Å²) in [5.41, 5.74) is -1.28. The number of nitrogens with zero attached hydrogens (tertiary/aromatic N) is 2. The van der Waals surface area contributed by atoms with Crippen molar-refractivity contribution in [1.82, 2.24) is 15.1 Å². The summed E-state index contributed by atoms with van der Waals surface area (Å²) in [6, 6.07) is 4.94. The first-order valence-electron chi connectivity index (χ1n) is 6.87. The van der Waals surface area contributed by atoms with Gasteiger partial charge in [-0.15, -0.1) is 0 Å². The average molecular weight is 341 g/mol. The third-order valence-electron chi connectivity index (χ3n) is 3.34. The molecule has 2 N–H and O–H groups in total. The van der Waals surface area contributed by atoms with Gasteiger partial charge >= 0.3 is 12.1 Å². The molecule has 1 heterocycles. The van der Waals surface area contributed by atoms with Crippen LogP contribution in [0.1, 0.15) is 28.5 Å². The van der Waals surface area contributed by atoms with Gasteiger partial charge in [0, 0.05) is 0 Å². The lowest BCUT2D eigenvalue weighted by Gasteiger charge is -2.15. The predicted octanol–water partition coefficient (Wildman–Crippen LogP) is 2.40. The van der Waals surface area contributed by atoms with E-state index < -0.39 is 35.4 Å². The molecule has 128 valence electrons. The zero-order valence-corrected chi connectivity index (χ0v) is 12.8. The molecule has 6 nitrogen and oxygen atoms in total. The highest BCUT2D eigenvalue weighted by molar-refractivity contribution is 5.97. The molecule has 2 rings (SSSR count). The molecule has 0 unspecified atom stereocenters. The molecule has 2 aromatic rings. The van der Waals surface area contributed by atoms with E-state index in [4.69, 9.17) is 5.11 Å². The van der Waals surface area contributed by atoms with Crippen molar-refractivity contribution in [3.8, 4) is 5.69 Å². The largest absolute Gasteiger partial charge is 0.480 e. The maximum Gasteiger partial charge on any atom is 0.434 e. The van der Waals surface area contributed by atoms with E-state index in [0.29, 0.717) is 10.2 Å². The second kappa shape index (κ2) is 6.34. The van der Waals surface area contributed by atoms with Crippen LogP contribution >= 0.6 is 0 Å². The molecule has 9 heteroatoms. The third kappa shape index (κ3) is 3.39. The Labute approximate surface area is 134 Å². The standard InChI is InChI=1S/C15H14F3N3O3/c1-8-5-3-4-6-11(8)21-12(15(16,17)18)10(7-19-21)13(22)20-9(2)14(23)24/h3-7,9H,1-2H3,(H,20,22)(H,23,24)/t9-/m0/s1. The van der Waals surface area contributed by atoms with Crippen LogP contribution in [-0.4, -0.2) is 32.8 Å². The summed E-state index contributed by atoms with van der Waals surface area (Å²) in [7, 11) is 0. The summed E-state index contributed by atoms with van der Waals surface area (Å²) in [5.74, 6) is -2.51. The molecule has 0 fully saturated rings. The number of nitrogens with one attached hydrogen (secondary N) is 1. The number of carbonyl (C=O) groups excluding carboxylic acids is 1. The summed E-state index contributed by atoms with van der Waals surface area (Å²) < 4.78 is 41.0. The molecule has 0 aliphatic carbocycles. The molecule has 0 saturated heterocycles. The summed E-state index contributed by atoms with van der Waals surface area (Å²) in [6.45, 7) is 2.77. The Balaban J connectivity index is 2.54. The fraction of sp³-hybridized carbons (Fsp3) is 0.267. The van der Waals surface area contributed by atoms with Crippen LogP contribution in [0.15, 0.2) is 30.5 Å². The van der Waals surface area contributed by atoms with Crippen molar-refractivity contribution < 1.29 is 27.9 Å². The minimum Gasteiger partial charge on any atom is -0.480 e. The molecule has 1 aromatic heterocycles. The molecular weight excluding hydrogens is 327 g/mol. The second-order valence-electron chi connectivity index (χ2n) is 5.14. The average Bonchev–Trinajstić information content (AvgIpc) is 2.92. The van der Waals surface area contributed by atoms with E-state index in [1.807, 2.05) is 5.32 Å². The Hall–Kier alpha value is -2.84. The Kier molecular flexibility index (Phi) is 4.63. The zero-order valence-electron chi connectivity index (χ0n) is 12.8.